The lowest BCUT2D eigenvalue weighted by atomic mass is 10.4. The summed E-state index contributed by atoms with van der Waals surface area (Å²) in [5, 5.41) is 3.10. The van der Waals surface area contributed by atoms with Crippen LogP contribution >= 0.6 is 22.6 Å². The van der Waals surface area contributed by atoms with Crippen molar-refractivity contribution in [3.05, 3.63) is 28.2 Å². The summed E-state index contributed by atoms with van der Waals surface area (Å²) >= 11 is 2.23. The molecule has 0 aromatic carbocycles. The van der Waals surface area contributed by atoms with E-state index in [1.807, 2.05) is 29.9 Å². The van der Waals surface area contributed by atoms with Gasteiger partial charge in [0.25, 0.3) is 0 Å². The molecule has 62 valence electrons. The Bertz CT molecular complexity index is 408. The highest BCUT2D eigenvalue weighted by molar-refractivity contribution is 14.1. The molecule has 0 amide bonds. The Balaban J connectivity index is 2.81. The van der Waals surface area contributed by atoms with Crippen molar-refractivity contribution < 1.29 is 0 Å². The Kier molecular flexibility index (Phi) is 1.92. The zero-order valence-electron chi connectivity index (χ0n) is 6.58. The van der Waals surface area contributed by atoms with Gasteiger partial charge in [0.15, 0.2) is 0 Å². The molecule has 2 heterocycles. The van der Waals surface area contributed by atoms with Gasteiger partial charge in [0, 0.05) is 7.05 Å². The van der Waals surface area contributed by atoms with Crippen LogP contribution in [-0.2, 0) is 0 Å². The van der Waals surface area contributed by atoms with Crippen LogP contribution in [0.3, 0.4) is 0 Å². The number of rotatable bonds is 1. The van der Waals surface area contributed by atoms with Gasteiger partial charge in [-0.05, 0) is 34.7 Å². The zero-order valence-corrected chi connectivity index (χ0v) is 8.74. The van der Waals surface area contributed by atoms with E-state index < -0.39 is 0 Å². The topological polar surface area (TPSA) is 29.3 Å². The maximum Gasteiger partial charge on any atom is 0.127 e. The van der Waals surface area contributed by atoms with Crippen molar-refractivity contribution in [2.75, 3.05) is 12.4 Å². The maximum absolute atomic E-state index is 4.21. The Morgan fingerprint density at radius 3 is 3.08 bits per heavy atom. The lowest BCUT2D eigenvalue weighted by Crippen LogP contribution is -1.95. The number of nitrogens with one attached hydrogen (secondary N) is 1. The van der Waals surface area contributed by atoms with Crippen molar-refractivity contribution in [2.24, 2.45) is 0 Å². The normalized spacial score (nSPS) is 10.5. The second-order valence-electron chi connectivity index (χ2n) is 2.45. The molecule has 2 aromatic rings. The van der Waals surface area contributed by atoms with Gasteiger partial charge in [0.1, 0.15) is 15.8 Å². The Morgan fingerprint density at radius 2 is 2.33 bits per heavy atom. The number of fused-ring (bicyclic) bond motifs is 1. The molecule has 0 saturated heterocycles. The molecule has 1 N–H and O–H groups in total. The standard InChI is InChI=1S/C8H8IN3/c1-10-7-4-2-3-6-8(9)11-5-12(6)7/h2-5,10H,1H3. The van der Waals surface area contributed by atoms with E-state index in [-0.39, 0.29) is 0 Å². The van der Waals surface area contributed by atoms with Crippen LogP contribution in [0.4, 0.5) is 5.82 Å². The fraction of sp³-hybridized carbons (Fsp3) is 0.125. The van der Waals surface area contributed by atoms with Gasteiger partial charge in [-0.15, -0.1) is 0 Å². The molecule has 0 unspecified atom stereocenters. The van der Waals surface area contributed by atoms with Crippen molar-refractivity contribution in [1.82, 2.24) is 9.38 Å². The first-order valence-electron chi connectivity index (χ1n) is 3.62. The van der Waals surface area contributed by atoms with Crippen LogP contribution < -0.4 is 5.32 Å². The largest absolute Gasteiger partial charge is 0.374 e. The average molecular weight is 273 g/mol. The highest BCUT2D eigenvalue weighted by Crippen LogP contribution is 2.16. The summed E-state index contributed by atoms with van der Waals surface area (Å²) in [5.74, 6) is 1.06. The molecule has 0 aliphatic heterocycles. The van der Waals surface area contributed by atoms with E-state index in [0.29, 0.717) is 0 Å². The van der Waals surface area contributed by atoms with Gasteiger partial charge in [-0.3, -0.25) is 4.40 Å². The van der Waals surface area contributed by atoms with Crippen LogP contribution in [0, 0.1) is 3.70 Å². The molecule has 0 spiro atoms. The molecule has 2 aromatic heterocycles. The number of pyridine rings is 1. The van der Waals surface area contributed by atoms with E-state index in [9.17, 15) is 0 Å². The number of nitrogens with zero attached hydrogens (tertiary/aromatic N) is 2. The third-order valence-electron chi connectivity index (χ3n) is 1.78. The SMILES string of the molecule is CNc1cccc2c(I)ncn12. The summed E-state index contributed by atoms with van der Waals surface area (Å²) in [4.78, 5) is 4.21. The van der Waals surface area contributed by atoms with E-state index in [1.165, 1.54) is 0 Å². The Labute approximate surface area is 83.9 Å². The predicted octanol–water partition coefficient (Wildman–Crippen LogP) is 1.98. The number of aromatic nitrogens is 2. The van der Waals surface area contributed by atoms with Crippen molar-refractivity contribution >= 4 is 33.9 Å². The molecule has 2 rings (SSSR count). The molecule has 4 heteroatoms. The van der Waals surface area contributed by atoms with Crippen LogP contribution in [0.1, 0.15) is 0 Å². The van der Waals surface area contributed by atoms with E-state index in [4.69, 9.17) is 0 Å². The van der Waals surface area contributed by atoms with E-state index in [1.54, 1.807) is 0 Å². The number of halogens is 1. The molecular formula is C8H8IN3. The summed E-state index contributed by atoms with van der Waals surface area (Å²) in [6, 6.07) is 6.09. The monoisotopic (exact) mass is 273 g/mol. The average Bonchev–Trinajstić information content (AvgIpc) is 2.48. The Morgan fingerprint density at radius 1 is 1.50 bits per heavy atom. The molecule has 0 aliphatic rings. The molecule has 3 nitrogen and oxygen atoms in total. The van der Waals surface area contributed by atoms with Gasteiger partial charge < -0.3 is 5.32 Å². The van der Waals surface area contributed by atoms with Crippen molar-refractivity contribution in [3.63, 3.8) is 0 Å². The predicted molar refractivity (Wildman–Crippen MR) is 57.5 cm³/mol. The smallest absolute Gasteiger partial charge is 0.127 e. The minimum absolute atomic E-state index is 1.03. The van der Waals surface area contributed by atoms with Gasteiger partial charge in [0.05, 0.1) is 5.52 Å². The van der Waals surface area contributed by atoms with Gasteiger partial charge in [0.2, 0.25) is 0 Å². The van der Waals surface area contributed by atoms with Crippen molar-refractivity contribution in [2.45, 2.75) is 0 Å². The summed E-state index contributed by atoms with van der Waals surface area (Å²) < 4.78 is 3.06. The van der Waals surface area contributed by atoms with Crippen molar-refractivity contribution in [1.29, 1.82) is 0 Å². The van der Waals surface area contributed by atoms with Crippen LogP contribution in [-0.4, -0.2) is 16.4 Å². The van der Waals surface area contributed by atoms with Gasteiger partial charge in [-0.25, -0.2) is 4.98 Å². The number of hydrogen-bond acceptors (Lipinski definition) is 2. The van der Waals surface area contributed by atoms with Crippen molar-refractivity contribution in [3.8, 4) is 0 Å². The molecule has 0 saturated carbocycles. The molecule has 0 fully saturated rings. The first-order chi connectivity index (χ1) is 5.83. The van der Waals surface area contributed by atoms with E-state index in [2.05, 4.69) is 39.0 Å². The summed E-state index contributed by atoms with van der Waals surface area (Å²) in [5.41, 5.74) is 1.14. The quantitative estimate of drug-likeness (QED) is 0.805. The number of hydrogen-bond donors (Lipinski definition) is 1. The molecular weight excluding hydrogens is 265 g/mol. The third kappa shape index (κ3) is 1.06. The summed E-state index contributed by atoms with van der Waals surface area (Å²) in [7, 11) is 1.90. The molecule has 0 radical (unpaired) electrons. The van der Waals surface area contributed by atoms with Gasteiger partial charge >= 0.3 is 0 Å². The second-order valence-corrected chi connectivity index (χ2v) is 3.47. The molecule has 0 bridgehead atoms. The first kappa shape index (κ1) is 7.85. The lowest BCUT2D eigenvalue weighted by Gasteiger charge is -2.02. The fourth-order valence-electron chi connectivity index (χ4n) is 1.19. The first-order valence-corrected chi connectivity index (χ1v) is 4.70. The van der Waals surface area contributed by atoms with Crippen LogP contribution in [0.25, 0.3) is 5.52 Å². The van der Waals surface area contributed by atoms with E-state index >= 15 is 0 Å². The van der Waals surface area contributed by atoms with E-state index in [0.717, 1.165) is 15.0 Å². The lowest BCUT2D eigenvalue weighted by molar-refractivity contribution is 1.14. The Hall–Kier alpha value is -0.780. The van der Waals surface area contributed by atoms with Gasteiger partial charge in [-0.2, -0.15) is 0 Å². The van der Waals surface area contributed by atoms with Gasteiger partial charge in [-0.1, -0.05) is 6.07 Å². The number of anilines is 1. The number of imidazole rings is 1. The fourth-order valence-corrected chi connectivity index (χ4v) is 1.76. The molecule has 0 aliphatic carbocycles. The molecule has 12 heavy (non-hydrogen) atoms. The highest BCUT2D eigenvalue weighted by atomic mass is 127. The zero-order chi connectivity index (χ0) is 8.55. The summed E-state index contributed by atoms with van der Waals surface area (Å²) in [6.07, 6.45) is 1.82. The molecule has 0 atom stereocenters. The van der Waals surface area contributed by atoms with Crippen LogP contribution in [0.2, 0.25) is 0 Å². The van der Waals surface area contributed by atoms with Crippen LogP contribution in [0.15, 0.2) is 24.5 Å². The highest BCUT2D eigenvalue weighted by Gasteiger charge is 2.01. The minimum Gasteiger partial charge on any atom is -0.374 e. The van der Waals surface area contributed by atoms with Crippen LogP contribution in [0.5, 0.6) is 0 Å². The maximum atomic E-state index is 4.21. The summed E-state index contributed by atoms with van der Waals surface area (Å²) in [6.45, 7) is 0. The minimum atomic E-state index is 1.03. The third-order valence-corrected chi connectivity index (χ3v) is 2.61. The second kappa shape index (κ2) is 2.93.